The van der Waals surface area contributed by atoms with Crippen LogP contribution < -0.4 is 10.4 Å². The molecule has 0 bridgehead atoms. The summed E-state index contributed by atoms with van der Waals surface area (Å²) in [5.74, 6) is -4.76. The first-order valence-corrected chi connectivity index (χ1v) is 13.1. The summed E-state index contributed by atoms with van der Waals surface area (Å²) >= 11 is 0. The van der Waals surface area contributed by atoms with E-state index < -0.39 is 59.1 Å². The topological polar surface area (TPSA) is 110 Å². The molecule has 16 heteroatoms. The predicted molar refractivity (Wildman–Crippen MR) is 126 cm³/mol. The molecule has 4 aromatic rings. The maximum Gasteiger partial charge on any atom is 0.283 e. The molecule has 1 aliphatic rings. The van der Waals surface area contributed by atoms with E-state index in [0.29, 0.717) is 15.3 Å². The lowest BCUT2D eigenvalue weighted by Gasteiger charge is -2.34. The number of aromatic nitrogens is 5. The molecular formula is C22H22F5N7O3S. The van der Waals surface area contributed by atoms with Crippen LogP contribution in [-0.4, -0.2) is 81.7 Å². The van der Waals surface area contributed by atoms with E-state index in [4.69, 9.17) is 6.11 Å². The smallest absolute Gasteiger partial charge is 0.283 e. The first-order valence-electron chi connectivity index (χ1n) is 11.7. The number of fused-ring (bicyclic) bond motifs is 2. The van der Waals surface area contributed by atoms with Gasteiger partial charge in [0.1, 0.15) is 11.6 Å². The molecule has 1 aliphatic heterocycles. The number of nitrogens with zero attached hydrogens (tertiary/aromatic N) is 6. The predicted octanol–water partition coefficient (Wildman–Crippen LogP) is 2.66. The van der Waals surface area contributed by atoms with Crippen molar-refractivity contribution in [1.82, 2.24) is 28.5 Å². The number of benzene rings is 1. The Morgan fingerprint density at radius 1 is 1.37 bits per heavy atom. The zero-order valence-corrected chi connectivity index (χ0v) is 20.8. The summed E-state index contributed by atoms with van der Waals surface area (Å²) in [6.07, 6.45) is -1.55. The third-order valence-electron chi connectivity index (χ3n) is 6.22. The van der Waals surface area contributed by atoms with Crippen LogP contribution in [0.2, 0.25) is 0 Å². The number of hydrogen-bond donors (Lipinski definition) is 1. The Bertz CT molecular complexity index is 1750. The van der Waals surface area contributed by atoms with Crippen molar-refractivity contribution in [2.75, 3.05) is 26.5 Å². The van der Waals surface area contributed by atoms with E-state index in [1.807, 2.05) is 0 Å². The van der Waals surface area contributed by atoms with E-state index in [2.05, 4.69) is 20.1 Å². The molecular weight excluding hydrogens is 537 g/mol. The third kappa shape index (κ3) is 4.73. The molecule has 0 unspecified atom stereocenters. The number of halogens is 5. The molecule has 10 nitrogen and oxygen atoms in total. The van der Waals surface area contributed by atoms with Crippen LogP contribution in [0.25, 0.3) is 27.7 Å². The minimum Gasteiger partial charge on any atom is -0.479 e. The van der Waals surface area contributed by atoms with Gasteiger partial charge in [0, 0.05) is 6.54 Å². The van der Waals surface area contributed by atoms with Gasteiger partial charge < -0.3 is 9.30 Å². The highest BCUT2D eigenvalue weighted by Gasteiger charge is 2.47. The van der Waals surface area contributed by atoms with Crippen molar-refractivity contribution in [3.05, 3.63) is 42.1 Å². The summed E-state index contributed by atoms with van der Waals surface area (Å²) in [5, 5.41) is 2.55. The molecule has 0 saturated carbocycles. The molecule has 4 heterocycles. The molecule has 3 aromatic heterocycles. The number of imidazole rings is 1. The maximum absolute atomic E-state index is 15.5. The van der Waals surface area contributed by atoms with Gasteiger partial charge in [0.05, 0.1) is 56.9 Å². The summed E-state index contributed by atoms with van der Waals surface area (Å²) in [4.78, 5) is 12.1. The highest BCUT2D eigenvalue weighted by atomic mass is 32.2. The second-order valence-corrected chi connectivity index (χ2v) is 10.8. The Balaban J connectivity index is 1.63. The number of ether oxygens (including phenoxy) is 1. The zero-order chi connectivity index (χ0) is 28.3. The van der Waals surface area contributed by atoms with Gasteiger partial charge in [-0.2, -0.15) is 9.29 Å². The Morgan fingerprint density at radius 3 is 2.79 bits per heavy atom. The number of H-pyrrole nitrogens is 1. The number of alkyl halides is 4. The van der Waals surface area contributed by atoms with Gasteiger partial charge in [-0.1, -0.05) is 6.07 Å². The van der Waals surface area contributed by atoms with Gasteiger partial charge in [-0.15, -0.1) is 0 Å². The Hall–Kier alpha value is -3.53. The second kappa shape index (κ2) is 9.34. The summed E-state index contributed by atoms with van der Waals surface area (Å²) in [6.45, 7) is -1.87. The van der Waals surface area contributed by atoms with E-state index in [0.717, 1.165) is 10.8 Å². The Kier molecular flexibility index (Phi) is 6.09. The van der Waals surface area contributed by atoms with Gasteiger partial charge in [0.25, 0.3) is 12.3 Å². The summed E-state index contributed by atoms with van der Waals surface area (Å²) in [6, 6.07) is 2.80. The van der Waals surface area contributed by atoms with Crippen LogP contribution >= 0.6 is 0 Å². The van der Waals surface area contributed by atoms with Crippen molar-refractivity contribution < 1.29 is 36.5 Å². The minimum absolute atomic E-state index is 0.0446. The minimum atomic E-state index is -3.83. The van der Waals surface area contributed by atoms with Gasteiger partial charge in [0.15, 0.2) is 5.82 Å². The standard InChI is InChI=1S/C22H22F5N7O3S/c1-37-20-19-18(12-3-4-14-15(7-12)32(11-28-14)9-17(24)25)13(23)8-34(19)31-21(30-20)29-16-5-6-33(38(2,35)36)10-22(16,26)27/h3-4,7-8,11,16-17H,5-6,9-10H2,1-2H3,(H,29,31)/t16-/m1/s1/i8D. The molecule has 0 spiro atoms. The van der Waals surface area contributed by atoms with Crippen molar-refractivity contribution in [2.45, 2.75) is 31.4 Å². The molecule has 5 rings (SSSR count). The summed E-state index contributed by atoms with van der Waals surface area (Å²) in [7, 11) is -2.62. The molecule has 38 heavy (non-hydrogen) atoms. The normalized spacial score (nSPS) is 19.5. The van der Waals surface area contributed by atoms with Crippen LogP contribution in [0.15, 0.2) is 35.7 Å². The number of hydrogen-bond acceptors (Lipinski definition) is 6. The van der Waals surface area contributed by atoms with Crippen LogP contribution in [0.5, 0.6) is 5.88 Å². The lowest BCUT2D eigenvalue weighted by atomic mass is 10.0. The van der Waals surface area contributed by atoms with Crippen LogP contribution in [0, 0.1) is 5.82 Å². The monoisotopic (exact) mass is 560 g/mol. The first-order chi connectivity index (χ1) is 18.3. The summed E-state index contributed by atoms with van der Waals surface area (Å²) in [5.41, 5.74) is 0.350. The van der Waals surface area contributed by atoms with Crippen molar-refractivity contribution in [3.63, 3.8) is 0 Å². The Morgan fingerprint density at radius 2 is 2.13 bits per heavy atom. The second-order valence-electron chi connectivity index (χ2n) is 8.82. The third-order valence-corrected chi connectivity index (χ3v) is 7.47. The Labute approximate surface area is 213 Å². The number of sulfonamides is 1. The molecule has 1 fully saturated rings. The van der Waals surface area contributed by atoms with Crippen LogP contribution in [-0.2, 0) is 16.6 Å². The fourth-order valence-corrected chi connectivity index (χ4v) is 5.29. The lowest BCUT2D eigenvalue weighted by Crippen LogP contribution is -2.53. The van der Waals surface area contributed by atoms with Crippen molar-refractivity contribution >= 4 is 26.6 Å². The SMILES string of the molecule is [2H]c1c(F)c(-c2ccc3ncn(CC(F)F)c3c2)c2c(OC)nc(=N[C@@H]3CCN(S(C)(=O)=O)CC3(F)F)[nH]n12. The first kappa shape index (κ1) is 24.8. The van der Waals surface area contributed by atoms with E-state index in [1.54, 1.807) is 0 Å². The van der Waals surface area contributed by atoms with E-state index in [-0.39, 0.29) is 35.5 Å². The fourth-order valence-electron chi connectivity index (χ4n) is 4.44. The quantitative estimate of drug-likeness (QED) is 0.365. The molecule has 1 saturated heterocycles. The van der Waals surface area contributed by atoms with Gasteiger partial charge in [-0.25, -0.2) is 40.3 Å². The molecule has 0 amide bonds. The van der Waals surface area contributed by atoms with Crippen molar-refractivity contribution in [3.8, 4) is 17.0 Å². The molecule has 1 atom stereocenters. The highest BCUT2D eigenvalue weighted by Crippen LogP contribution is 2.35. The largest absolute Gasteiger partial charge is 0.479 e. The van der Waals surface area contributed by atoms with Gasteiger partial charge in [-0.3, -0.25) is 9.61 Å². The molecule has 0 radical (unpaired) electrons. The average Bonchev–Trinajstić information content (AvgIpc) is 3.36. The number of piperidine rings is 1. The summed E-state index contributed by atoms with van der Waals surface area (Å²) < 4.78 is 111. The molecule has 0 aliphatic carbocycles. The molecule has 204 valence electrons. The van der Waals surface area contributed by atoms with Gasteiger partial charge in [-0.05, 0) is 24.1 Å². The van der Waals surface area contributed by atoms with E-state index in [1.165, 1.54) is 36.2 Å². The number of methoxy groups -OCH3 is 1. The number of rotatable bonds is 6. The van der Waals surface area contributed by atoms with Gasteiger partial charge in [0.2, 0.25) is 21.5 Å². The van der Waals surface area contributed by atoms with Gasteiger partial charge >= 0.3 is 0 Å². The van der Waals surface area contributed by atoms with E-state index >= 15 is 4.39 Å². The molecule has 1 aromatic carbocycles. The zero-order valence-electron chi connectivity index (χ0n) is 21.0. The maximum atomic E-state index is 15.5. The van der Waals surface area contributed by atoms with Crippen molar-refractivity contribution in [1.29, 1.82) is 0 Å². The molecule has 1 N–H and O–H groups in total. The van der Waals surface area contributed by atoms with Crippen LogP contribution in [0.3, 0.4) is 0 Å². The highest BCUT2D eigenvalue weighted by molar-refractivity contribution is 7.88. The fraction of sp³-hybridized carbons (Fsp3) is 0.409. The number of aromatic amines is 1. The van der Waals surface area contributed by atoms with Crippen LogP contribution in [0.1, 0.15) is 7.79 Å². The lowest BCUT2D eigenvalue weighted by molar-refractivity contribution is -0.0608. The van der Waals surface area contributed by atoms with Crippen molar-refractivity contribution in [2.24, 2.45) is 4.99 Å². The van der Waals surface area contributed by atoms with Crippen LogP contribution in [0.4, 0.5) is 22.0 Å². The number of nitrogens with one attached hydrogen (secondary N) is 1. The van der Waals surface area contributed by atoms with E-state index in [9.17, 15) is 26.0 Å². The average molecular weight is 561 g/mol.